The van der Waals surface area contributed by atoms with Crippen LogP contribution in [0.4, 0.5) is 11.9 Å². The maximum atomic E-state index is 6.05. The minimum atomic E-state index is 0.250. The van der Waals surface area contributed by atoms with Crippen molar-refractivity contribution >= 4 is 23.5 Å². The average Bonchev–Trinajstić information content (AvgIpc) is 2.44. The number of hydrogen-bond acceptors (Lipinski definition) is 5. The van der Waals surface area contributed by atoms with Crippen LogP contribution in [0, 0.1) is 11.3 Å². The van der Waals surface area contributed by atoms with Gasteiger partial charge in [0.2, 0.25) is 17.2 Å². The van der Waals surface area contributed by atoms with Crippen molar-refractivity contribution in [3.05, 3.63) is 5.28 Å². The standard InChI is InChI=1S/C15H26ClN5/c1-11(15(2,3)4)10-17-13-18-12(16)19-14(20-13)21-8-6-5-7-9-21/h11H,5-10H2,1-4H3,(H,17,18,19,20). The highest BCUT2D eigenvalue weighted by Crippen LogP contribution is 2.25. The Kier molecular flexibility index (Phi) is 5.25. The van der Waals surface area contributed by atoms with Crippen LogP contribution in [-0.4, -0.2) is 34.6 Å². The van der Waals surface area contributed by atoms with Crippen LogP contribution in [-0.2, 0) is 0 Å². The normalized spacial score (nSPS) is 17.7. The summed E-state index contributed by atoms with van der Waals surface area (Å²) in [6.45, 7) is 11.7. The van der Waals surface area contributed by atoms with Crippen LogP contribution < -0.4 is 10.2 Å². The fourth-order valence-corrected chi connectivity index (χ4v) is 2.36. The van der Waals surface area contributed by atoms with Crippen molar-refractivity contribution < 1.29 is 0 Å². The molecule has 1 saturated heterocycles. The smallest absolute Gasteiger partial charge is 0.231 e. The minimum Gasteiger partial charge on any atom is -0.354 e. The predicted octanol–water partition coefficient (Wildman–Crippen LogP) is 3.61. The molecule has 21 heavy (non-hydrogen) atoms. The second-order valence-electron chi connectivity index (χ2n) is 6.92. The van der Waals surface area contributed by atoms with E-state index in [9.17, 15) is 0 Å². The van der Waals surface area contributed by atoms with E-state index in [1.54, 1.807) is 0 Å². The number of nitrogens with one attached hydrogen (secondary N) is 1. The van der Waals surface area contributed by atoms with E-state index in [1.165, 1.54) is 19.3 Å². The highest BCUT2D eigenvalue weighted by molar-refractivity contribution is 6.28. The summed E-state index contributed by atoms with van der Waals surface area (Å²) < 4.78 is 0. The summed E-state index contributed by atoms with van der Waals surface area (Å²) in [5, 5.41) is 3.56. The molecule has 1 fully saturated rings. The molecule has 0 bridgehead atoms. The lowest BCUT2D eigenvalue weighted by molar-refractivity contribution is 0.274. The Morgan fingerprint density at radius 3 is 2.43 bits per heavy atom. The van der Waals surface area contributed by atoms with Gasteiger partial charge in [-0.25, -0.2) is 0 Å². The quantitative estimate of drug-likeness (QED) is 0.920. The van der Waals surface area contributed by atoms with E-state index < -0.39 is 0 Å². The minimum absolute atomic E-state index is 0.250. The number of nitrogens with zero attached hydrogens (tertiary/aromatic N) is 4. The van der Waals surface area contributed by atoms with E-state index in [0.29, 0.717) is 17.8 Å². The highest BCUT2D eigenvalue weighted by Gasteiger charge is 2.20. The molecule has 1 N–H and O–H groups in total. The molecule has 118 valence electrons. The number of aromatic nitrogens is 3. The number of halogens is 1. The van der Waals surface area contributed by atoms with Gasteiger partial charge in [0.25, 0.3) is 0 Å². The Balaban J connectivity index is 2.04. The molecule has 5 nitrogen and oxygen atoms in total. The van der Waals surface area contributed by atoms with E-state index in [0.717, 1.165) is 19.6 Å². The number of hydrogen-bond donors (Lipinski definition) is 1. The molecule has 0 aliphatic carbocycles. The van der Waals surface area contributed by atoms with Gasteiger partial charge in [-0.15, -0.1) is 0 Å². The van der Waals surface area contributed by atoms with Crippen LogP contribution in [0.1, 0.15) is 47.0 Å². The Morgan fingerprint density at radius 1 is 1.14 bits per heavy atom. The molecule has 1 aromatic rings. The zero-order valence-electron chi connectivity index (χ0n) is 13.5. The van der Waals surface area contributed by atoms with Crippen molar-refractivity contribution in [2.75, 3.05) is 29.9 Å². The fraction of sp³-hybridized carbons (Fsp3) is 0.800. The zero-order chi connectivity index (χ0) is 15.5. The number of anilines is 2. The SMILES string of the molecule is CC(CNc1nc(Cl)nc(N2CCCCC2)n1)C(C)(C)C. The Morgan fingerprint density at radius 2 is 1.81 bits per heavy atom. The molecule has 1 aliphatic rings. The lowest BCUT2D eigenvalue weighted by atomic mass is 9.82. The molecule has 1 aliphatic heterocycles. The summed E-state index contributed by atoms with van der Waals surface area (Å²) in [5.74, 6) is 1.78. The molecule has 6 heteroatoms. The molecule has 2 rings (SSSR count). The first kappa shape index (κ1) is 16.3. The summed E-state index contributed by atoms with van der Waals surface area (Å²) in [5.41, 5.74) is 0.250. The van der Waals surface area contributed by atoms with Crippen molar-refractivity contribution in [1.29, 1.82) is 0 Å². The van der Waals surface area contributed by atoms with Crippen LogP contribution in [0.3, 0.4) is 0 Å². The van der Waals surface area contributed by atoms with E-state index >= 15 is 0 Å². The van der Waals surface area contributed by atoms with E-state index in [2.05, 4.69) is 52.9 Å². The first-order valence-corrected chi connectivity index (χ1v) is 8.14. The van der Waals surface area contributed by atoms with Crippen molar-refractivity contribution in [2.45, 2.75) is 47.0 Å². The lowest BCUT2D eigenvalue weighted by Gasteiger charge is -2.28. The van der Waals surface area contributed by atoms with Gasteiger partial charge >= 0.3 is 0 Å². The van der Waals surface area contributed by atoms with Gasteiger partial charge in [-0.3, -0.25) is 0 Å². The Hall–Kier alpha value is -1.10. The summed E-state index contributed by atoms with van der Waals surface area (Å²) >= 11 is 6.05. The molecule has 1 aromatic heterocycles. The largest absolute Gasteiger partial charge is 0.354 e. The molecule has 0 saturated carbocycles. The summed E-state index contributed by atoms with van der Waals surface area (Å²) in [6.07, 6.45) is 3.66. The van der Waals surface area contributed by atoms with Gasteiger partial charge in [0, 0.05) is 19.6 Å². The van der Waals surface area contributed by atoms with Gasteiger partial charge in [0.15, 0.2) is 0 Å². The van der Waals surface area contributed by atoms with E-state index in [1.807, 2.05) is 0 Å². The Bertz CT molecular complexity index is 466. The van der Waals surface area contributed by atoms with Crippen molar-refractivity contribution in [1.82, 2.24) is 15.0 Å². The van der Waals surface area contributed by atoms with Crippen molar-refractivity contribution in [3.8, 4) is 0 Å². The highest BCUT2D eigenvalue weighted by atomic mass is 35.5. The van der Waals surface area contributed by atoms with Gasteiger partial charge in [0.05, 0.1) is 0 Å². The summed E-state index contributed by atoms with van der Waals surface area (Å²) in [4.78, 5) is 15.2. The molecule has 0 spiro atoms. The van der Waals surface area contributed by atoms with Gasteiger partial charge in [0.1, 0.15) is 0 Å². The molecular formula is C15H26ClN5. The molecule has 0 radical (unpaired) electrons. The maximum absolute atomic E-state index is 6.05. The van der Waals surface area contributed by atoms with Crippen LogP contribution in [0.25, 0.3) is 0 Å². The first-order chi connectivity index (χ1) is 9.86. The molecule has 0 aromatic carbocycles. The number of piperidine rings is 1. The van der Waals surface area contributed by atoms with Gasteiger partial charge in [-0.2, -0.15) is 15.0 Å². The molecule has 2 heterocycles. The summed E-state index contributed by atoms with van der Waals surface area (Å²) in [7, 11) is 0. The topological polar surface area (TPSA) is 53.9 Å². The van der Waals surface area contributed by atoms with Crippen LogP contribution in [0.5, 0.6) is 0 Å². The third kappa shape index (κ3) is 4.70. The third-order valence-corrected chi connectivity index (χ3v) is 4.45. The van der Waals surface area contributed by atoms with Crippen LogP contribution >= 0.6 is 11.6 Å². The maximum Gasteiger partial charge on any atom is 0.231 e. The molecule has 1 unspecified atom stereocenters. The third-order valence-electron chi connectivity index (χ3n) is 4.28. The van der Waals surface area contributed by atoms with Gasteiger partial charge in [-0.1, -0.05) is 27.7 Å². The number of rotatable bonds is 4. The van der Waals surface area contributed by atoms with Crippen molar-refractivity contribution in [2.24, 2.45) is 11.3 Å². The fourth-order valence-electron chi connectivity index (χ4n) is 2.20. The van der Waals surface area contributed by atoms with Crippen molar-refractivity contribution in [3.63, 3.8) is 0 Å². The predicted molar refractivity (Wildman–Crippen MR) is 88.0 cm³/mol. The van der Waals surface area contributed by atoms with E-state index in [4.69, 9.17) is 11.6 Å². The lowest BCUT2D eigenvalue weighted by Crippen LogP contribution is -2.31. The monoisotopic (exact) mass is 311 g/mol. The average molecular weight is 312 g/mol. The van der Waals surface area contributed by atoms with Gasteiger partial charge < -0.3 is 10.2 Å². The first-order valence-electron chi connectivity index (χ1n) is 7.76. The Labute approximate surface area is 132 Å². The van der Waals surface area contributed by atoms with Crippen LogP contribution in [0.15, 0.2) is 0 Å². The van der Waals surface area contributed by atoms with E-state index in [-0.39, 0.29) is 10.7 Å². The molecular weight excluding hydrogens is 286 g/mol. The zero-order valence-corrected chi connectivity index (χ0v) is 14.2. The second kappa shape index (κ2) is 6.77. The molecule has 0 amide bonds. The second-order valence-corrected chi connectivity index (χ2v) is 7.26. The summed E-state index contributed by atoms with van der Waals surface area (Å²) in [6, 6.07) is 0. The van der Waals surface area contributed by atoms with Gasteiger partial charge in [-0.05, 0) is 42.2 Å². The molecule has 1 atom stereocenters. The van der Waals surface area contributed by atoms with Crippen LogP contribution in [0.2, 0.25) is 5.28 Å².